The van der Waals surface area contributed by atoms with Crippen LogP contribution in [0.15, 0.2) is 6.07 Å². The fourth-order valence-electron chi connectivity index (χ4n) is 3.26. The third-order valence-corrected chi connectivity index (χ3v) is 11.7. The molecule has 1 atom stereocenters. The van der Waals surface area contributed by atoms with Crippen molar-refractivity contribution in [2.75, 3.05) is 26.6 Å². The molecule has 0 radical (unpaired) electrons. The van der Waals surface area contributed by atoms with Gasteiger partial charge in [-0.05, 0) is 31.5 Å². The average molecular weight is 512 g/mol. The first-order valence-electron chi connectivity index (χ1n) is 11.3. The van der Waals surface area contributed by atoms with Crippen molar-refractivity contribution in [1.82, 2.24) is 5.32 Å². The molecule has 2 rings (SSSR count). The molecule has 8 nitrogen and oxygen atoms in total. The first-order chi connectivity index (χ1) is 15.8. The van der Waals surface area contributed by atoms with E-state index in [1.807, 2.05) is 13.0 Å². The lowest BCUT2D eigenvalue weighted by molar-refractivity contribution is -0.144. The molecule has 1 aromatic rings. The number of carbonyl (C=O) groups excluding carboxylic acids is 3. The highest BCUT2D eigenvalue weighted by Gasteiger charge is 2.40. The zero-order chi connectivity index (χ0) is 25.7. The van der Waals surface area contributed by atoms with Gasteiger partial charge in [0.2, 0.25) is 14.2 Å². The summed E-state index contributed by atoms with van der Waals surface area (Å²) in [5.74, 6) is 0.525. The fourth-order valence-corrected chi connectivity index (χ4v) is 5.37. The number of thioether (sulfide) groups is 1. The second-order valence-electron chi connectivity index (χ2n) is 9.82. The van der Waals surface area contributed by atoms with Crippen molar-refractivity contribution in [2.24, 2.45) is 0 Å². The Bertz CT molecular complexity index is 927. The van der Waals surface area contributed by atoms with Crippen LogP contribution in [0.4, 0.5) is 0 Å². The maximum Gasteiger partial charge on any atom is 0.338 e. The lowest BCUT2D eigenvalue weighted by atomic mass is 10.0. The monoisotopic (exact) mass is 511 g/mol. The lowest BCUT2D eigenvalue weighted by Crippen LogP contribution is -2.44. The summed E-state index contributed by atoms with van der Waals surface area (Å²) in [6.45, 7) is 12.6. The fraction of sp³-hybridized carbons (Fsp3) is 0.625. The smallest absolute Gasteiger partial charge is 0.338 e. The SMILES string of the molecule is COC(=O)[C@@H]1CSCc2c(O[Si](C)(C)C(C)(C)C)cc(OC)c(C)c2C(=O)OCCCC(=O)N1. The molecule has 0 fully saturated rings. The molecule has 34 heavy (non-hydrogen) atoms. The number of hydrogen-bond donors (Lipinski definition) is 1. The number of rotatable bonds is 4. The molecule has 0 spiro atoms. The molecule has 0 bridgehead atoms. The van der Waals surface area contributed by atoms with Gasteiger partial charge in [-0.25, -0.2) is 9.59 Å². The molecule has 0 saturated carbocycles. The minimum absolute atomic E-state index is 0.0603. The number of methoxy groups -OCH3 is 2. The Hall–Kier alpha value is -2.20. The first-order valence-corrected chi connectivity index (χ1v) is 15.4. The van der Waals surface area contributed by atoms with Gasteiger partial charge >= 0.3 is 11.9 Å². The van der Waals surface area contributed by atoms with Crippen LogP contribution >= 0.6 is 11.8 Å². The number of nitrogens with one attached hydrogen (secondary N) is 1. The Balaban J connectivity index is 2.58. The standard InChI is InChI=1S/C24H37NO7SSi/c1-15-18(29-5)12-19(32-34(7,8)24(2,3)4)16-13-33-14-17(22(27)30-6)25-20(26)10-9-11-31-23(28)21(15)16/h12,17H,9-11,13-14H2,1-8H3,(H,25,26)/t17-/m0/s1. The first kappa shape index (κ1) is 28.0. The van der Waals surface area contributed by atoms with Crippen LogP contribution in [0.2, 0.25) is 18.1 Å². The van der Waals surface area contributed by atoms with Crippen molar-refractivity contribution in [3.05, 3.63) is 22.8 Å². The van der Waals surface area contributed by atoms with Crippen molar-refractivity contribution in [3.8, 4) is 11.5 Å². The van der Waals surface area contributed by atoms with E-state index >= 15 is 0 Å². The van der Waals surface area contributed by atoms with Gasteiger partial charge in [-0.3, -0.25) is 4.79 Å². The van der Waals surface area contributed by atoms with E-state index in [-0.39, 0.29) is 29.7 Å². The molecule has 1 amide bonds. The van der Waals surface area contributed by atoms with Gasteiger partial charge in [-0.2, -0.15) is 11.8 Å². The third kappa shape index (κ3) is 6.68. The highest BCUT2D eigenvalue weighted by Crippen LogP contribution is 2.42. The summed E-state index contributed by atoms with van der Waals surface area (Å²) in [7, 11) is 0.601. The highest BCUT2D eigenvalue weighted by atomic mass is 32.2. The van der Waals surface area contributed by atoms with Crippen LogP contribution < -0.4 is 14.5 Å². The molecule has 0 aromatic heterocycles. The van der Waals surface area contributed by atoms with Crippen molar-refractivity contribution >= 4 is 37.9 Å². The topological polar surface area (TPSA) is 100 Å². The largest absolute Gasteiger partial charge is 0.543 e. The van der Waals surface area contributed by atoms with Gasteiger partial charge in [-0.15, -0.1) is 0 Å². The maximum absolute atomic E-state index is 13.2. The number of esters is 2. The summed E-state index contributed by atoms with van der Waals surface area (Å²) in [6.07, 6.45) is 0.472. The van der Waals surface area contributed by atoms with E-state index in [1.54, 1.807) is 7.11 Å². The third-order valence-electron chi connectivity index (χ3n) is 6.33. The van der Waals surface area contributed by atoms with E-state index in [1.165, 1.54) is 18.9 Å². The van der Waals surface area contributed by atoms with Gasteiger partial charge in [0.05, 0.1) is 26.4 Å². The molecule has 0 aliphatic carbocycles. The predicted octanol–water partition coefficient (Wildman–Crippen LogP) is 4.23. The molecule has 0 unspecified atom stereocenters. The summed E-state index contributed by atoms with van der Waals surface area (Å²) < 4.78 is 22.6. The summed E-state index contributed by atoms with van der Waals surface area (Å²) in [5, 5.41) is 2.66. The molecule has 0 saturated heterocycles. The lowest BCUT2D eigenvalue weighted by Gasteiger charge is -2.37. The van der Waals surface area contributed by atoms with E-state index in [0.717, 1.165) is 0 Å². The van der Waals surface area contributed by atoms with Crippen molar-refractivity contribution in [1.29, 1.82) is 0 Å². The van der Waals surface area contributed by atoms with E-state index in [9.17, 15) is 14.4 Å². The number of ether oxygens (including phenoxy) is 3. The summed E-state index contributed by atoms with van der Waals surface area (Å²) >= 11 is 1.41. The molecule has 1 heterocycles. The van der Waals surface area contributed by atoms with Gasteiger partial charge in [0.25, 0.3) is 0 Å². The zero-order valence-electron chi connectivity index (χ0n) is 21.5. The number of cyclic esters (lactones) is 1. The number of amides is 1. The number of hydrogen-bond acceptors (Lipinski definition) is 8. The van der Waals surface area contributed by atoms with Crippen LogP contribution in [0.25, 0.3) is 0 Å². The second kappa shape index (κ2) is 11.5. The van der Waals surface area contributed by atoms with Gasteiger partial charge in [-0.1, -0.05) is 20.8 Å². The maximum atomic E-state index is 13.2. The zero-order valence-corrected chi connectivity index (χ0v) is 23.3. The number of benzene rings is 1. The van der Waals surface area contributed by atoms with E-state index in [4.69, 9.17) is 18.6 Å². The molecule has 190 valence electrons. The molecular weight excluding hydrogens is 474 g/mol. The molecule has 1 aliphatic heterocycles. The van der Waals surface area contributed by atoms with Gasteiger partial charge in [0.15, 0.2) is 0 Å². The normalized spacial score (nSPS) is 18.3. The van der Waals surface area contributed by atoms with Crippen LogP contribution in [-0.2, 0) is 24.8 Å². The summed E-state index contributed by atoms with van der Waals surface area (Å²) in [5.41, 5.74) is 1.78. The second-order valence-corrected chi connectivity index (χ2v) is 15.6. The van der Waals surface area contributed by atoms with Crippen LogP contribution in [0.1, 0.15) is 55.1 Å². The molecule has 1 aliphatic rings. The van der Waals surface area contributed by atoms with E-state index < -0.39 is 26.3 Å². The van der Waals surface area contributed by atoms with Gasteiger partial charge in [0.1, 0.15) is 17.5 Å². The van der Waals surface area contributed by atoms with Crippen molar-refractivity contribution in [2.45, 2.75) is 70.5 Å². The van der Waals surface area contributed by atoms with Crippen LogP contribution in [0.5, 0.6) is 11.5 Å². The average Bonchev–Trinajstić information content (AvgIpc) is 2.76. The van der Waals surface area contributed by atoms with E-state index in [2.05, 4.69) is 39.2 Å². The van der Waals surface area contributed by atoms with Crippen molar-refractivity contribution in [3.63, 3.8) is 0 Å². The quantitative estimate of drug-likeness (QED) is 0.474. The van der Waals surface area contributed by atoms with Crippen molar-refractivity contribution < 1.29 is 33.0 Å². The Morgan fingerprint density at radius 3 is 2.47 bits per heavy atom. The van der Waals surface area contributed by atoms with Crippen LogP contribution in [-0.4, -0.2) is 58.8 Å². The molecule has 10 heteroatoms. The number of fused-ring (bicyclic) bond motifs is 1. The Labute approximate surface area is 207 Å². The summed E-state index contributed by atoms with van der Waals surface area (Å²) in [6, 6.07) is 1.05. The minimum Gasteiger partial charge on any atom is -0.543 e. The molecular formula is C24H37NO7SSi. The van der Waals surface area contributed by atoms with Crippen LogP contribution in [0.3, 0.4) is 0 Å². The molecule has 1 aromatic carbocycles. The number of carbonyl (C=O) groups is 3. The van der Waals surface area contributed by atoms with Gasteiger partial charge < -0.3 is 24.0 Å². The van der Waals surface area contributed by atoms with E-state index in [0.29, 0.717) is 40.4 Å². The van der Waals surface area contributed by atoms with Gasteiger partial charge in [0, 0.05) is 35.1 Å². The Kier molecular flexibility index (Phi) is 9.47. The molecule has 1 N–H and O–H groups in total. The Morgan fingerprint density at radius 1 is 1.21 bits per heavy atom. The minimum atomic E-state index is -2.25. The predicted molar refractivity (Wildman–Crippen MR) is 135 cm³/mol. The Morgan fingerprint density at radius 2 is 1.88 bits per heavy atom. The van der Waals surface area contributed by atoms with Crippen LogP contribution in [0, 0.1) is 6.92 Å². The summed E-state index contributed by atoms with van der Waals surface area (Å²) in [4.78, 5) is 37.7. The highest BCUT2D eigenvalue weighted by molar-refractivity contribution is 7.98.